The van der Waals surface area contributed by atoms with Crippen molar-refractivity contribution in [2.75, 3.05) is 0 Å². The predicted octanol–water partition coefficient (Wildman–Crippen LogP) is 2.71. The first-order valence-electron chi connectivity index (χ1n) is 6.60. The summed E-state index contributed by atoms with van der Waals surface area (Å²) in [5.74, 6) is 1.40. The molecule has 0 radical (unpaired) electrons. The highest BCUT2D eigenvalue weighted by atomic mass is 15.2. The Balaban J connectivity index is 1.77. The summed E-state index contributed by atoms with van der Waals surface area (Å²) in [4.78, 5) is 4.48. The van der Waals surface area contributed by atoms with Crippen LogP contribution in [0.1, 0.15) is 17.4 Å². The average Bonchev–Trinajstić information content (AvgIpc) is 2.99. The number of H-pyrrole nitrogens is 1. The Morgan fingerprint density at radius 2 is 1.60 bits per heavy atom. The second-order valence-electron chi connectivity index (χ2n) is 4.71. The Morgan fingerprint density at radius 3 is 2.30 bits per heavy atom. The monoisotopic (exact) mass is 264 g/mol. The van der Waals surface area contributed by atoms with E-state index in [0.717, 1.165) is 12.0 Å². The van der Waals surface area contributed by atoms with Crippen LogP contribution in [0.3, 0.4) is 0 Å². The van der Waals surface area contributed by atoms with Crippen molar-refractivity contribution in [1.82, 2.24) is 15.2 Å². The zero-order valence-electron chi connectivity index (χ0n) is 11.0. The first kappa shape index (κ1) is 12.6. The van der Waals surface area contributed by atoms with Gasteiger partial charge >= 0.3 is 0 Å². The molecule has 0 aliphatic heterocycles. The fraction of sp³-hybridized carbons (Fsp3) is 0.125. The number of nitrogens with one attached hydrogen (secondary N) is 1. The molecule has 1 aromatic heterocycles. The van der Waals surface area contributed by atoms with Gasteiger partial charge in [0, 0.05) is 5.56 Å². The summed E-state index contributed by atoms with van der Waals surface area (Å²) >= 11 is 0. The molecule has 20 heavy (non-hydrogen) atoms. The van der Waals surface area contributed by atoms with Crippen molar-refractivity contribution in [2.45, 2.75) is 12.5 Å². The molecule has 3 N–H and O–H groups in total. The van der Waals surface area contributed by atoms with Crippen LogP contribution in [0.4, 0.5) is 0 Å². The van der Waals surface area contributed by atoms with Crippen LogP contribution in [-0.2, 0) is 6.42 Å². The largest absolute Gasteiger partial charge is 0.321 e. The van der Waals surface area contributed by atoms with Crippen molar-refractivity contribution < 1.29 is 0 Å². The molecule has 0 amide bonds. The molecule has 3 rings (SSSR count). The zero-order chi connectivity index (χ0) is 13.8. The van der Waals surface area contributed by atoms with E-state index < -0.39 is 0 Å². The van der Waals surface area contributed by atoms with Crippen LogP contribution >= 0.6 is 0 Å². The lowest BCUT2D eigenvalue weighted by atomic mass is 10.1. The first-order valence-corrected chi connectivity index (χ1v) is 6.60. The van der Waals surface area contributed by atoms with Gasteiger partial charge in [-0.1, -0.05) is 60.7 Å². The lowest BCUT2D eigenvalue weighted by molar-refractivity contribution is 0.671. The highest BCUT2D eigenvalue weighted by molar-refractivity contribution is 5.53. The van der Waals surface area contributed by atoms with Crippen molar-refractivity contribution in [3.63, 3.8) is 0 Å². The van der Waals surface area contributed by atoms with E-state index in [0.29, 0.717) is 11.6 Å². The van der Waals surface area contributed by atoms with Gasteiger partial charge in [-0.15, -0.1) is 0 Å². The van der Waals surface area contributed by atoms with Crippen LogP contribution in [0.15, 0.2) is 60.7 Å². The maximum atomic E-state index is 6.18. The van der Waals surface area contributed by atoms with Crippen molar-refractivity contribution in [1.29, 1.82) is 0 Å². The Hall–Kier alpha value is -2.46. The predicted molar refractivity (Wildman–Crippen MR) is 78.9 cm³/mol. The van der Waals surface area contributed by atoms with Crippen LogP contribution in [0.25, 0.3) is 11.4 Å². The lowest BCUT2D eigenvalue weighted by Gasteiger charge is -2.07. The number of rotatable bonds is 4. The standard InChI is InChI=1S/C16H16N4/c17-14(11-12-7-3-1-4-8-12)16-18-15(19-20-16)13-9-5-2-6-10-13/h1-10,14H,11,17H2,(H,18,19,20). The summed E-state index contributed by atoms with van der Waals surface area (Å²) < 4.78 is 0. The molecule has 1 atom stereocenters. The van der Waals surface area contributed by atoms with Crippen LogP contribution < -0.4 is 5.73 Å². The molecule has 0 saturated carbocycles. The third-order valence-electron chi connectivity index (χ3n) is 3.18. The molecule has 0 aliphatic rings. The van der Waals surface area contributed by atoms with Gasteiger partial charge in [0.05, 0.1) is 6.04 Å². The Kier molecular flexibility index (Phi) is 3.56. The molecule has 0 saturated heterocycles. The molecule has 2 aromatic carbocycles. The molecule has 1 unspecified atom stereocenters. The van der Waals surface area contributed by atoms with E-state index in [1.165, 1.54) is 5.56 Å². The number of aromatic nitrogens is 3. The van der Waals surface area contributed by atoms with Gasteiger partial charge in [-0.3, -0.25) is 5.10 Å². The molecule has 0 spiro atoms. The SMILES string of the molecule is NC(Cc1ccccc1)c1nc(-c2ccccc2)n[nH]1. The molecule has 100 valence electrons. The van der Waals surface area contributed by atoms with Gasteiger partial charge in [0.1, 0.15) is 5.82 Å². The fourth-order valence-electron chi connectivity index (χ4n) is 2.12. The molecule has 4 heteroatoms. The van der Waals surface area contributed by atoms with Gasteiger partial charge in [-0.25, -0.2) is 4.98 Å². The Labute approximate surface area is 117 Å². The third kappa shape index (κ3) is 2.75. The number of nitrogens with zero attached hydrogens (tertiary/aromatic N) is 2. The maximum absolute atomic E-state index is 6.18. The van der Waals surface area contributed by atoms with E-state index in [2.05, 4.69) is 27.3 Å². The number of nitrogens with two attached hydrogens (primary N) is 1. The average molecular weight is 264 g/mol. The van der Waals surface area contributed by atoms with Gasteiger partial charge in [0.2, 0.25) is 0 Å². The quantitative estimate of drug-likeness (QED) is 0.761. The molecule has 0 aliphatic carbocycles. The summed E-state index contributed by atoms with van der Waals surface area (Å²) in [6.45, 7) is 0. The Bertz CT molecular complexity index is 661. The molecular formula is C16H16N4. The van der Waals surface area contributed by atoms with Crippen LogP contribution in [0.2, 0.25) is 0 Å². The van der Waals surface area contributed by atoms with Crippen molar-refractivity contribution in [3.05, 3.63) is 72.1 Å². The van der Waals surface area contributed by atoms with E-state index in [-0.39, 0.29) is 6.04 Å². The Morgan fingerprint density at radius 1 is 0.950 bits per heavy atom. The smallest absolute Gasteiger partial charge is 0.181 e. The van der Waals surface area contributed by atoms with Crippen molar-refractivity contribution in [2.24, 2.45) is 5.73 Å². The molecule has 3 aromatic rings. The van der Waals surface area contributed by atoms with E-state index >= 15 is 0 Å². The first-order chi connectivity index (χ1) is 9.83. The zero-order valence-corrected chi connectivity index (χ0v) is 11.0. The number of hydrogen-bond acceptors (Lipinski definition) is 3. The highest BCUT2D eigenvalue weighted by Crippen LogP contribution is 2.17. The third-order valence-corrected chi connectivity index (χ3v) is 3.18. The molecular weight excluding hydrogens is 248 g/mol. The van der Waals surface area contributed by atoms with E-state index in [4.69, 9.17) is 5.73 Å². The number of benzene rings is 2. The highest BCUT2D eigenvalue weighted by Gasteiger charge is 2.13. The minimum atomic E-state index is -0.178. The topological polar surface area (TPSA) is 67.6 Å². The van der Waals surface area contributed by atoms with Crippen molar-refractivity contribution in [3.8, 4) is 11.4 Å². The number of hydrogen-bond donors (Lipinski definition) is 2. The lowest BCUT2D eigenvalue weighted by Crippen LogP contribution is -2.15. The second kappa shape index (κ2) is 5.67. The minimum Gasteiger partial charge on any atom is -0.321 e. The summed E-state index contributed by atoms with van der Waals surface area (Å²) in [7, 11) is 0. The minimum absolute atomic E-state index is 0.178. The van der Waals surface area contributed by atoms with Crippen molar-refractivity contribution >= 4 is 0 Å². The van der Waals surface area contributed by atoms with Gasteiger partial charge in [0.25, 0.3) is 0 Å². The molecule has 0 fully saturated rings. The normalized spacial score (nSPS) is 12.2. The molecule has 0 bridgehead atoms. The van der Waals surface area contributed by atoms with E-state index in [1.54, 1.807) is 0 Å². The van der Waals surface area contributed by atoms with E-state index in [9.17, 15) is 0 Å². The van der Waals surface area contributed by atoms with Gasteiger partial charge < -0.3 is 5.73 Å². The summed E-state index contributed by atoms with van der Waals surface area (Å²) in [5, 5.41) is 7.17. The van der Waals surface area contributed by atoms with E-state index in [1.807, 2.05) is 48.5 Å². The number of aromatic amines is 1. The summed E-state index contributed by atoms with van der Waals surface area (Å²) in [6, 6.07) is 19.8. The summed E-state index contributed by atoms with van der Waals surface area (Å²) in [6.07, 6.45) is 0.740. The van der Waals surface area contributed by atoms with Gasteiger partial charge in [-0.05, 0) is 12.0 Å². The van der Waals surface area contributed by atoms with Crippen LogP contribution in [0.5, 0.6) is 0 Å². The second-order valence-corrected chi connectivity index (χ2v) is 4.71. The van der Waals surface area contributed by atoms with Gasteiger partial charge in [0.15, 0.2) is 5.82 Å². The molecule has 4 nitrogen and oxygen atoms in total. The van der Waals surface area contributed by atoms with Crippen LogP contribution in [-0.4, -0.2) is 15.2 Å². The van der Waals surface area contributed by atoms with Gasteiger partial charge in [-0.2, -0.15) is 5.10 Å². The fourth-order valence-corrected chi connectivity index (χ4v) is 2.12. The summed E-state index contributed by atoms with van der Waals surface area (Å²) in [5.41, 5.74) is 8.36. The van der Waals surface area contributed by atoms with Crippen LogP contribution in [0, 0.1) is 0 Å². The molecule has 1 heterocycles. The maximum Gasteiger partial charge on any atom is 0.181 e.